The zero-order valence-corrected chi connectivity index (χ0v) is 17.7. The van der Waals surface area contributed by atoms with E-state index in [0.717, 1.165) is 31.6 Å². The van der Waals surface area contributed by atoms with E-state index in [9.17, 15) is 9.59 Å². The summed E-state index contributed by atoms with van der Waals surface area (Å²) in [6.07, 6.45) is 13.7. The van der Waals surface area contributed by atoms with Crippen LogP contribution in [0.2, 0.25) is 0 Å². The van der Waals surface area contributed by atoms with Crippen LogP contribution in [0.5, 0.6) is 0 Å². The Morgan fingerprint density at radius 2 is 1.97 bits per heavy atom. The molecule has 0 aromatic rings. The maximum Gasteiger partial charge on any atom is 0.404 e. The van der Waals surface area contributed by atoms with Crippen molar-refractivity contribution in [2.75, 3.05) is 13.7 Å². The fourth-order valence-electron chi connectivity index (χ4n) is 5.41. The fourth-order valence-corrected chi connectivity index (χ4v) is 5.41. The SMILES string of the molecule is C=C(/C=C\C=C(/C)C1CCC1)C1CC(N(C)C(=O)[C@@H]2C[C@]3(COC(N)=O)CC23)C1. The predicted octanol–water partition coefficient (Wildman–Crippen LogP) is 4.20. The Balaban J connectivity index is 1.18. The van der Waals surface area contributed by atoms with Gasteiger partial charge >= 0.3 is 6.09 Å². The van der Waals surface area contributed by atoms with Crippen LogP contribution in [0.15, 0.2) is 36.0 Å². The Kier molecular flexibility index (Phi) is 5.34. The van der Waals surface area contributed by atoms with Gasteiger partial charge < -0.3 is 15.4 Å². The van der Waals surface area contributed by atoms with Crippen molar-refractivity contribution < 1.29 is 14.3 Å². The van der Waals surface area contributed by atoms with Crippen LogP contribution >= 0.6 is 0 Å². The van der Waals surface area contributed by atoms with Gasteiger partial charge in [-0.25, -0.2) is 4.79 Å². The molecule has 3 atom stereocenters. The third-order valence-electron chi connectivity index (χ3n) is 8.14. The van der Waals surface area contributed by atoms with E-state index < -0.39 is 6.09 Å². The largest absolute Gasteiger partial charge is 0.449 e. The van der Waals surface area contributed by atoms with Crippen molar-refractivity contribution in [3.63, 3.8) is 0 Å². The second kappa shape index (κ2) is 7.66. The lowest BCUT2D eigenvalue weighted by atomic mass is 9.72. The standard InChI is InChI=1S/C24H34N2O3/c1-15(17-8-5-9-17)6-4-7-16(2)18-10-19(11-18)26(3)22(27)20-12-24(13-21(20)24)14-29-23(25)28/h4,6-7,17-21H,2,5,8-14H2,1,3H3,(H2,25,28)/b7-4-,15-6+/t18?,19?,20-,21?,24-/m1/s1. The van der Waals surface area contributed by atoms with Crippen molar-refractivity contribution in [1.29, 1.82) is 0 Å². The lowest BCUT2D eigenvalue weighted by molar-refractivity contribution is -0.144. The van der Waals surface area contributed by atoms with Gasteiger partial charge in [-0.2, -0.15) is 0 Å². The molecule has 4 aliphatic rings. The van der Waals surface area contributed by atoms with Crippen molar-refractivity contribution in [2.24, 2.45) is 34.8 Å². The van der Waals surface area contributed by atoms with Gasteiger partial charge in [0.25, 0.3) is 0 Å². The summed E-state index contributed by atoms with van der Waals surface area (Å²) in [6, 6.07) is 0.320. The Labute approximate surface area is 174 Å². The highest BCUT2D eigenvalue weighted by atomic mass is 16.5. The molecule has 4 rings (SSSR count). The molecule has 4 saturated carbocycles. The van der Waals surface area contributed by atoms with E-state index in [1.807, 2.05) is 11.9 Å². The minimum atomic E-state index is -0.722. The molecule has 0 bridgehead atoms. The Morgan fingerprint density at radius 1 is 1.24 bits per heavy atom. The second-order valence-electron chi connectivity index (χ2n) is 9.84. The fraction of sp³-hybridized carbons (Fsp3) is 0.667. The third-order valence-corrected chi connectivity index (χ3v) is 8.14. The topological polar surface area (TPSA) is 72.6 Å². The van der Waals surface area contributed by atoms with Gasteiger partial charge in [0.15, 0.2) is 0 Å². The molecule has 0 aliphatic heterocycles. The Morgan fingerprint density at radius 3 is 2.55 bits per heavy atom. The summed E-state index contributed by atoms with van der Waals surface area (Å²) in [5.41, 5.74) is 7.76. The first-order chi connectivity index (χ1) is 13.8. The molecule has 0 radical (unpaired) electrons. The summed E-state index contributed by atoms with van der Waals surface area (Å²) in [5, 5.41) is 0. The average molecular weight is 399 g/mol. The van der Waals surface area contributed by atoms with Crippen LogP contribution in [0.25, 0.3) is 0 Å². The maximum absolute atomic E-state index is 12.8. The highest BCUT2D eigenvalue weighted by Gasteiger charge is 2.70. The van der Waals surface area contributed by atoms with Crippen molar-refractivity contribution in [2.45, 2.75) is 57.9 Å². The number of carbonyl (C=O) groups is 2. The zero-order chi connectivity index (χ0) is 20.8. The van der Waals surface area contributed by atoms with E-state index in [1.165, 1.54) is 30.4 Å². The third kappa shape index (κ3) is 3.88. The minimum absolute atomic E-state index is 0.0442. The van der Waals surface area contributed by atoms with Gasteiger partial charge in [-0.3, -0.25) is 4.79 Å². The molecule has 0 aromatic carbocycles. The van der Waals surface area contributed by atoms with Gasteiger partial charge in [0.2, 0.25) is 5.91 Å². The van der Waals surface area contributed by atoms with Crippen molar-refractivity contribution in [3.05, 3.63) is 36.0 Å². The predicted molar refractivity (Wildman–Crippen MR) is 113 cm³/mol. The number of rotatable bonds is 8. The molecule has 0 spiro atoms. The molecule has 4 fully saturated rings. The summed E-state index contributed by atoms with van der Waals surface area (Å²) in [7, 11) is 1.94. The van der Waals surface area contributed by atoms with Crippen LogP contribution < -0.4 is 5.73 Å². The second-order valence-corrected chi connectivity index (χ2v) is 9.84. The molecule has 5 nitrogen and oxygen atoms in total. The number of nitrogens with two attached hydrogens (primary N) is 1. The van der Waals surface area contributed by atoms with Gasteiger partial charge in [-0.1, -0.05) is 42.4 Å². The van der Waals surface area contributed by atoms with Crippen LogP contribution in [0.4, 0.5) is 4.79 Å². The number of primary amides is 1. The number of carbonyl (C=O) groups excluding carboxylic acids is 2. The number of allylic oxidation sites excluding steroid dienone is 5. The van der Waals surface area contributed by atoms with E-state index in [0.29, 0.717) is 24.5 Å². The monoisotopic (exact) mass is 398 g/mol. The molecule has 1 unspecified atom stereocenters. The van der Waals surface area contributed by atoms with Crippen LogP contribution in [0.1, 0.15) is 51.9 Å². The van der Waals surface area contributed by atoms with E-state index in [-0.39, 0.29) is 17.2 Å². The summed E-state index contributed by atoms with van der Waals surface area (Å²) in [6.45, 7) is 6.84. The van der Waals surface area contributed by atoms with Gasteiger partial charge in [0.1, 0.15) is 0 Å². The molecule has 0 heterocycles. The van der Waals surface area contributed by atoms with Crippen LogP contribution in [0.3, 0.4) is 0 Å². The van der Waals surface area contributed by atoms with E-state index >= 15 is 0 Å². The van der Waals surface area contributed by atoms with Gasteiger partial charge in [-0.15, -0.1) is 0 Å². The summed E-state index contributed by atoms with van der Waals surface area (Å²) in [4.78, 5) is 25.6. The minimum Gasteiger partial charge on any atom is -0.449 e. The first-order valence-electron chi connectivity index (χ1n) is 11.0. The smallest absolute Gasteiger partial charge is 0.404 e. The quantitative estimate of drug-likeness (QED) is 0.623. The molecule has 2 N–H and O–H groups in total. The molecule has 158 valence electrons. The molecule has 5 heteroatoms. The first-order valence-corrected chi connectivity index (χ1v) is 11.0. The van der Waals surface area contributed by atoms with E-state index in [2.05, 4.69) is 31.7 Å². The van der Waals surface area contributed by atoms with E-state index in [4.69, 9.17) is 10.5 Å². The average Bonchev–Trinajstić information content (AvgIpc) is 3.14. The number of nitrogens with zero attached hydrogens (tertiary/aromatic N) is 1. The Bertz CT molecular complexity index is 760. The summed E-state index contributed by atoms with van der Waals surface area (Å²) < 4.78 is 4.96. The normalized spacial score (nSPS) is 35.7. The lowest BCUT2D eigenvalue weighted by Crippen LogP contribution is -2.51. The van der Waals surface area contributed by atoms with Gasteiger partial charge in [-0.05, 0) is 63.2 Å². The summed E-state index contributed by atoms with van der Waals surface area (Å²) in [5.74, 6) is 1.99. The number of hydrogen-bond donors (Lipinski definition) is 1. The molecule has 0 aromatic heterocycles. The molecule has 4 aliphatic carbocycles. The van der Waals surface area contributed by atoms with Gasteiger partial charge in [0, 0.05) is 24.4 Å². The number of hydrogen-bond acceptors (Lipinski definition) is 3. The van der Waals surface area contributed by atoms with Gasteiger partial charge in [0.05, 0.1) is 6.61 Å². The number of ether oxygens (including phenoxy) is 1. The Hall–Kier alpha value is -2.04. The van der Waals surface area contributed by atoms with Crippen LogP contribution in [-0.2, 0) is 9.53 Å². The highest BCUT2D eigenvalue weighted by molar-refractivity contribution is 5.81. The number of fused-ring (bicyclic) bond motifs is 1. The highest BCUT2D eigenvalue weighted by Crippen LogP contribution is 2.71. The van der Waals surface area contributed by atoms with Crippen molar-refractivity contribution in [1.82, 2.24) is 4.90 Å². The van der Waals surface area contributed by atoms with Crippen LogP contribution in [-0.4, -0.2) is 36.6 Å². The lowest BCUT2D eigenvalue weighted by Gasteiger charge is -2.44. The molecular weight excluding hydrogens is 364 g/mol. The van der Waals surface area contributed by atoms with Crippen LogP contribution in [0, 0.1) is 29.1 Å². The zero-order valence-electron chi connectivity index (χ0n) is 17.7. The van der Waals surface area contributed by atoms with Crippen molar-refractivity contribution in [3.8, 4) is 0 Å². The number of amides is 2. The van der Waals surface area contributed by atoms with E-state index in [1.54, 1.807) is 0 Å². The molecular formula is C24H34N2O3. The molecule has 0 saturated heterocycles. The van der Waals surface area contributed by atoms with Crippen molar-refractivity contribution >= 4 is 12.0 Å². The molecule has 29 heavy (non-hydrogen) atoms. The molecule has 2 amide bonds. The first kappa shape index (κ1) is 20.2. The maximum atomic E-state index is 12.8. The summed E-state index contributed by atoms with van der Waals surface area (Å²) >= 11 is 0.